The zero-order valence-electron chi connectivity index (χ0n) is 16.4. The van der Waals surface area contributed by atoms with Gasteiger partial charge >= 0.3 is 6.18 Å². The fourth-order valence-corrected chi connectivity index (χ4v) is 3.67. The van der Waals surface area contributed by atoms with Gasteiger partial charge in [-0.25, -0.2) is 4.39 Å². The molecule has 0 N–H and O–H groups in total. The molecule has 0 fully saturated rings. The lowest BCUT2D eigenvalue weighted by Crippen LogP contribution is -2.08. The molecular weight excluding hydrogens is 404 g/mol. The van der Waals surface area contributed by atoms with Gasteiger partial charge < -0.3 is 0 Å². The van der Waals surface area contributed by atoms with E-state index in [4.69, 9.17) is 0 Å². The lowest BCUT2D eigenvalue weighted by Gasteiger charge is -2.22. The maximum Gasteiger partial charge on any atom is 0.416 e. The van der Waals surface area contributed by atoms with Gasteiger partial charge in [0.05, 0.1) is 5.56 Å². The quantitative estimate of drug-likeness (QED) is 0.336. The van der Waals surface area contributed by atoms with Crippen LogP contribution in [0.2, 0.25) is 0 Å². The van der Waals surface area contributed by atoms with Crippen LogP contribution < -0.4 is 0 Å². The van der Waals surface area contributed by atoms with E-state index in [-0.39, 0.29) is 5.92 Å². The van der Waals surface area contributed by atoms with Crippen molar-refractivity contribution in [1.29, 1.82) is 0 Å². The topological polar surface area (TPSA) is 25.8 Å². The van der Waals surface area contributed by atoms with Gasteiger partial charge in [0.25, 0.3) is 0 Å². The Bertz CT molecular complexity index is 1140. The summed E-state index contributed by atoms with van der Waals surface area (Å²) >= 11 is 0. The summed E-state index contributed by atoms with van der Waals surface area (Å²) in [6.07, 6.45) is 3.03. The maximum atomic E-state index is 14.2. The highest BCUT2D eigenvalue weighted by Gasteiger charge is 2.30. The van der Waals surface area contributed by atoms with Crippen molar-refractivity contribution in [2.75, 3.05) is 0 Å². The zero-order valence-corrected chi connectivity index (χ0v) is 16.4. The molecule has 156 valence electrons. The molecule has 0 bridgehead atoms. The zero-order chi connectivity index (χ0) is 21.8. The van der Waals surface area contributed by atoms with Crippen LogP contribution >= 0.6 is 0 Å². The van der Waals surface area contributed by atoms with Gasteiger partial charge in [0, 0.05) is 30.7 Å². The van der Waals surface area contributed by atoms with E-state index < -0.39 is 17.6 Å². The molecule has 0 spiro atoms. The first-order valence-corrected chi connectivity index (χ1v) is 9.68. The Morgan fingerprint density at radius 2 is 1.52 bits per heavy atom. The number of nitrogens with zero attached hydrogens (tertiary/aromatic N) is 2. The molecule has 0 amide bonds. The van der Waals surface area contributed by atoms with Gasteiger partial charge in [-0.05, 0) is 70.6 Å². The molecule has 2 nitrogen and oxygen atoms in total. The molecule has 4 rings (SSSR count). The predicted molar refractivity (Wildman–Crippen MR) is 111 cm³/mol. The molecule has 0 aliphatic heterocycles. The molecule has 2 heterocycles. The normalized spacial score (nSPS) is 12.5. The number of aromatic nitrogens is 2. The summed E-state index contributed by atoms with van der Waals surface area (Å²) in [6, 6.07) is 16.8. The lowest BCUT2D eigenvalue weighted by molar-refractivity contribution is -0.137. The highest BCUT2D eigenvalue weighted by atomic mass is 19.4. The molecule has 1 atom stereocenters. The van der Waals surface area contributed by atoms with E-state index in [9.17, 15) is 17.6 Å². The molecule has 1 unspecified atom stereocenters. The van der Waals surface area contributed by atoms with Crippen LogP contribution in [0, 0.1) is 5.82 Å². The average molecular weight is 422 g/mol. The van der Waals surface area contributed by atoms with E-state index in [0.717, 1.165) is 28.8 Å². The van der Waals surface area contributed by atoms with Crippen molar-refractivity contribution in [1.82, 2.24) is 9.97 Å². The van der Waals surface area contributed by atoms with Gasteiger partial charge in [0.1, 0.15) is 5.82 Å². The lowest BCUT2D eigenvalue weighted by atomic mass is 9.83. The van der Waals surface area contributed by atoms with Crippen molar-refractivity contribution in [2.24, 2.45) is 0 Å². The summed E-state index contributed by atoms with van der Waals surface area (Å²) in [4.78, 5) is 8.39. The standard InChI is InChI=1S/C25H18F4N2/c26-21-9-10-22(24(14-21)18-5-7-20(8-6-18)25(27,28)29)23(19-4-2-12-31-16-19)13-17-3-1-11-30-15-17/h1-12,14-16,23H,13H2. The molecule has 2 aromatic heterocycles. The number of pyridine rings is 2. The van der Waals surface area contributed by atoms with Gasteiger partial charge in [0.15, 0.2) is 0 Å². The molecule has 0 saturated heterocycles. The largest absolute Gasteiger partial charge is 0.416 e. The van der Waals surface area contributed by atoms with Crippen molar-refractivity contribution in [3.8, 4) is 11.1 Å². The number of benzene rings is 2. The van der Waals surface area contributed by atoms with Gasteiger partial charge in [-0.1, -0.05) is 30.3 Å². The van der Waals surface area contributed by atoms with Crippen LogP contribution in [0.15, 0.2) is 91.5 Å². The second-order valence-electron chi connectivity index (χ2n) is 7.21. The fourth-order valence-electron chi connectivity index (χ4n) is 3.67. The van der Waals surface area contributed by atoms with Gasteiger partial charge in [0.2, 0.25) is 0 Å². The summed E-state index contributed by atoms with van der Waals surface area (Å²) in [6.45, 7) is 0. The van der Waals surface area contributed by atoms with Crippen LogP contribution in [-0.4, -0.2) is 9.97 Å². The summed E-state index contributed by atoms with van der Waals surface area (Å²) in [5, 5.41) is 0. The number of rotatable bonds is 5. The highest BCUT2D eigenvalue weighted by Crippen LogP contribution is 2.37. The SMILES string of the molecule is Fc1ccc(C(Cc2cccnc2)c2cccnc2)c(-c2ccc(C(F)(F)F)cc2)c1. The Morgan fingerprint density at radius 1 is 0.806 bits per heavy atom. The van der Waals surface area contributed by atoms with Gasteiger partial charge in [-0.15, -0.1) is 0 Å². The second kappa shape index (κ2) is 8.68. The summed E-state index contributed by atoms with van der Waals surface area (Å²) in [5.41, 5.74) is 3.03. The summed E-state index contributed by atoms with van der Waals surface area (Å²) < 4.78 is 53.1. The minimum absolute atomic E-state index is 0.184. The smallest absolute Gasteiger partial charge is 0.264 e. The van der Waals surface area contributed by atoms with Crippen molar-refractivity contribution in [3.63, 3.8) is 0 Å². The highest BCUT2D eigenvalue weighted by molar-refractivity contribution is 5.69. The number of hydrogen-bond donors (Lipinski definition) is 0. The Balaban J connectivity index is 1.82. The Hall–Kier alpha value is -3.54. The minimum atomic E-state index is -4.43. The Morgan fingerprint density at radius 3 is 2.13 bits per heavy atom. The van der Waals surface area contributed by atoms with E-state index in [0.29, 0.717) is 17.5 Å². The Labute approximate surface area is 177 Å². The van der Waals surface area contributed by atoms with Crippen LogP contribution in [0.1, 0.15) is 28.2 Å². The van der Waals surface area contributed by atoms with E-state index >= 15 is 0 Å². The summed E-state index contributed by atoms with van der Waals surface area (Å²) in [7, 11) is 0. The van der Waals surface area contributed by atoms with Crippen LogP contribution in [-0.2, 0) is 12.6 Å². The molecule has 0 aliphatic rings. The molecule has 31 heavy (non-hydrogen) atoms. The number of halogens is 4. The number of hydrogen-bond acceptors (Lipinski definition) is 2. The van der Waals surface area contributed by atoms with Crippen molar-refractivity contribution >= 4 is 0 Å². The van der Waals surface area contributed by atoms with E-state index in [1.807, 2.05) is 24.3 Å². The van der Waals surface area contributed by atoms with Gasteiger partial charge in [-0.2, -0.15) is 13.2 Å². The maximum absolute atomic E-state index is 14.2. The first kappa shape index (κ1) is 20.7. The average Bonchev–Trinajstić information content (AvgIpc) is 2.78. The van der Waals surface area contributed by atoms with E-state index in [2.05, 4.69) is 9.97 Å². The predicted octanol–water partition coefficient (Wildman–Crippen LogP) is 6.68. The van der Waals surface area contributed by atoms with Crippen molar-refractivity contribution in [3.05, 3.63) is 120 Å². The monoisotopic (exact) mass is 422 g/mol. The second-order valence-corrected chi connectivity index (χ2v) is 7.21. The van der Waals surface area contributed by atoms with Crippen LogP contribution in [0.5, 0.6) is 0 Å². The first-order chi connectivity index (χ1) is 14.9. The summed E-state index contributed by atoms with van der Waals surface area (Å²) in [5.74, 6) is -0.638. The minimum Gasteiger partial charge on any atom is -0.264 e. The molecule has 6 heteroatoms. The number of alkyl halides is 3. The first-order valence-electron chi connectivity index (χ1n) is 9.68. The molecule has 0 aliphatic carbocycles. The van der Waals surface area contributed by atoms with Crippen molar-refractivity contribution < 1.29 is 17.6 Å². The molecule has 0 radical (unpaired) electrons. The third-order valence-corrected chi connectivity index (χ3v) is 5.16. The van der Waals surface area contributed by atoms with Gasteiger partial charge in [-0.3, -0.25) is 9.97 Å². The van der Waals surface area contributed by atoms with Crippen LogP contribution in [0.4, 0.5) is 17.6 Å². The van der Waals surface area contributed by atoms with E-state index in [1.54, 1.807) is 30.9 Å². The van der Waals surface area contributed by atoms with Crippen molar-refractivity contribution in [2.45, 2.75) is 18.5 Å². The fraction of sp³-hybridized carbons (Fsp3) is 0.120. The molecular formula is C25H18F4N2. The third-order valence-electron chi connectivity index (χ3n) is 5.16. The molecule has 4 aromatic rings. The third kappa shape index (κ3) is 4.79. The van der Waals surface area contributed by atoms with Crippen LogP contribution in [0.25, 0.3) is 11.1 Å². The molecule has 2 aromatic carbocycles. The van der Waals surface area contributed by atoms with Crippen LogP contribution in [0.3, 0.4) is 0 Å². The van der Waals surface area contributed by atoms with E-state index in [1.165, 1.54) is 24.3 Å². The molecule has 0 saturated carbocycles. The Kier molecular flexibility index (Phi) is 5.80.